The first kappa shape index (κ1) is 19.9. The molecule has 146 valence electrons. The normalized spacial score (nSPS) is 14.3. The lowest BCUT2D eigenvalue weighted by atomic mass is 10.2. The Hall–Kier alpha value is -1.87. The SMILES string of the molecule is CCCCCn1c(S[C@H](C)C(=O)NC(N)=O)nc2sc3c(c2c1=O)CCC3. The Bertz CT molecular complexity index is 935. The van der Waals surface area contributed by atoms with Gasteiger partial charge in [0.25, 0.3) is 5.56 Å². The molecule has 1 aliphatic rings. The Balaban J connectivity index is 1.99. The number of aromatic nitrogens is 2. The highest BCUT2D eigenvalue weighted by Gasteiger charge is 2.25. The van der Waals surface area contributed by atoms with E-state index in [1.165, 1.54) is 16.6 Å². The molecule has 3 N–H and O–H groups in total. The van der Waals surface area contributed by atoms with Crippen molar-refractivity contribution in [2.75, 3.05) is 0 Å². The second-order valence-electron chi connectivity index (χ2n) is 6.71. The van der Waals surface area contributed by atoms with Crippen LogP contribution in [0.25, 0.3) is 10.2 Å². The molecule has 27 heavy (non-hydrogen) atoms. The third-order valence-corrected chi connectivity index (χ3v) is 6.95. The number of hydrogen-bond donors (Lipinski definition) is 2. The first-order valence-electron chi connectivity index (χ1n) is 9.24. The van der Waals surface area contributed by atoms with Crippen molar-refractivity contribution < 1.29 is 9.59 Å². The third-order valence-electron chi connectivity index (χ3n) is 4.67. The summed E-state index contributed by atoms with van der Waals surface area (Å²) in [5.41, 5.74) is 6.17. The van der Waals surface area contributed by atoms with Crippen LogP contribution >= 0.6 is 23.1 Å². The topological polar surface area (TPSA) is 107 Å². The second-order valence-corrected chi connectivity index (χ2v) is 9.10. The molecular formula is C18H24N4O3S2. The monoisotopic (exact) mass is 408 g/mol. The van der Waals surface area contributed by atoms with Gasteiger partial charge in [-0.05, 0) is 38.2 Å². The van der Waals surface area contributed by atoms with Crippen LogP contribution < -0.4 is 16.6 Å². The fourth-order valence-corrected chi connectivity index (χ4v) is 5.54. The zero-order valence-electron chi connectivity index (χ0n) is 15.5. The lowest BCUT2D eigenvalue weighted by Crippen LogP contribution is -2.39. The highest BCUT2D eigenvalue weighted by atomic mass is 32.2. The molecule has 3 rings (SSSR count). The number of aryl methyl sites for hydroxylation is 2. The van der Waals surface area contributed by atoms with Crippen molar-refractivity contribution >= 4 is 45.3 Å². The van der Waals surface area contributed by atoms with Crippen molar-refractivity contribution in [3.05, 3.63) is 20.8 Å². The number of thioether (sulfide) groups is 1. The molecule has 3 amide bonds. The van der Waals surface area contributed by atoms with Crippen molar-refractivity contribution in [2.24, 2.45) is 5.73 Å². The average Bonchev–Trinajstić information content (AvgIpc) is 3.17. The van der Waals surface area contributed by atoms with Crippen LogP contribution in [0.15, 0.2) is 9.95 Å². The molecule has 2 aromatic rings. The number of carbonyl (C=O) groups is 2. The lowest BCUT2D eigenvalue weighted by molar-refractivity contribution is -0.119. The van der Waals surface area contributed by atoms with Crippen molar-refractivity contribution in [1.82, 2.24) is 14.9 Å². The van der Waals surface area contributed by atoms with Crippen LogP contribution in [0.5, 0.6) is 0 Å². The molecule has 2 aromatic heterocycles. The molecule has 0 saturated carbocycles. The Morgan fingerprint density at radius 3 is 2.85 bits per heavy atom. The van der Waals surface area contributed by atoms with Crippen molar-refractivity contribution in [3.63, 3.8) is 0 Å². The summed E-state index contributed by atoms with van der Waals surface area (Å²) in [7, 11) is 0. The number of fused-ring (bicyclic) bond motifs is 3. The summed E-state index contributed by atoms with van der Waals surface area (Å²) in [4.78, 5) is 42.9. The number of nitrogens with zero attached hydrogens (tertiary/aromatic N) is 2. The number of primary amides is 1. The summed E-state index contributed by atoms with van der Waals surface area (Å²) in [5.74, 6) is -0.490. The smallest absolute Gasteiger partial charge is 0.318 e. The second kappa shape index (κ2) is 8.43. The highest BCUT2D eigenvalue weighted by Crippen LogP contribution is 2.36. The van der Waals surface area contributed by atoms with Gasteiger partial charge in [0.15, 0.2) is 5.16 Å². The van der Waals surface area contributed by atoms with Gasteiger partial charge in [-0.15, -0.1) is 11.3 Å². The fraction of sp³-hybridized carbons (Fsp3) is 0.556. The van der Waals surface area contributed by atoms with Gasteiger partial charge >= 0.3 is 6.03 Å². The average molecular weight is 409 g/mol. The van der Waals surface area contributed by atoms with E-state index in [1.54, 1.807) is 22.8 Å². The van der Waals surface area contributed by atoms with Gasteiger partial charge in [0.2, 0.25) is 5.91 Å². The van der Waals surface area contributed by atoms with Crippen molar-refractivity contribution in [1.29, 1.82) is 0 Å². The number of nitrogens with one attached hydrogen (secondary N) is 1. The molecule has 1 atom stereocenters. The van der Waals surface area contributed by atoms with Gasteiger partial charge in [-0.1, -0.05) is 31.5 Å². The minimum absolute atomic E-state index is 0.0134. The number of carbonyl (C=O) groups excluding carboxylic acids is 2. The maximum Gasteiger partial charge on any atom is 0.318 e. The van der Waals surface area contributed by atoms with E-state index in [4.69, 9.17) is 10.7 Å². The Labute approximate surface area is 165 Å². The minimum atomic E-state index is -0.883. The number of nitrogens with two attached hydrogens (primary N) is 1. The molecule has 0 aromatic carbocycles. The summed E-state index contributed by atoms with van der Waals surface area (Å²) in [6.45, 7) is 4.36. The number of amides is 3. The summed E-state index contributed by atoms with van der Waals surface area (Å²) in [6.07, 6.45) is 5.99. The predicted molar refractivity (Wildman–Crippen MR) is 108 cm³/mol. The predicted octanol–water partition coefficient (Wildman–Crippen LogP) is 2.81. The zero-order valence-corrected chi connectivity index (χ0v) is 17.2. The number of urea groups is 1. The van der Waals surface area contributed by atoms with Crippen LogP contribution in [0.4, 0.5) is 4.79 Å². The minimum Gasteiger partial charge on any atom is -0.351 e. The zero-order chi connectivity index (χ0) is 19.6. The van der Waals surface area contributed by atoms with Crippen LogP contribution in [0.2, 0.25) is 0 Å². The molecular weight excluding hydrogens is 384 g/mol. The van der Waals surface area contributed by atoms with E-state index in [0.29, 0.717) is 11.7 Å². The number of unbranched alkanes of at least 4 members (excludes halogenated alkanes) is 2. The summed E-state index contributed by atoms with van der Waals surface area (Å²) >= 11 is 2.77. The van der Waals surface area contributed by atoms with E-state index in [9.17, 15) is 14.4 Å². The van der Waals surface area contributed by atoms with Crippen LogP contribution in [0.3, 0.4) is 0 Å². The highest BCUT2D eigenvalue weighted by molar-refractivity contribution is 8.00. The van der Waals surface area contributed by atoms with Crippen LogP contribution in [-0.2, 0) is 24.2 Å². The van der Waals surface area contributed by atoms with E-state index in [-0.39, 0.29) is 5.56 Å². The summed E-state index contributed by atoms with van der Waals surface area (Å²) in [6, 6.07) is -0.883. The van der Waals surface area contributed by atoms with E-state index in [2.05, 4.69) is 12.2 Å². The molecule has 0 unspecified atom stereocenters. The number of rotatable bonds is 7. The Morgan fingerprint density at radius 2 is 2.15 bits per heavy atom. The van der Waals surface area contributed by atoms with Crippen molar-refractivity contribution in [3.8, 4) is 0 Å². The van der Waals surface area contributed by atoms with Gasteiger partial charge in [-0.3, -0.25) is 19.5 Å². The molecule has 0 spiro atoms. The molecule has 9 heteroatoms. The van der Waals surface area contributed by atoms with Crippen LogP contribution in [0, 0.1) is 0 Å². The molecule has 7 nitrogen and oxygen atoms in total. The molecule has 0 aliphatic heterocycles. The van der Waals surface area contributed by atoms with E-state index in [0.717, 1.165) is 54.3 Å². The molecule has 0 saturated heterocycles. The van der Waals surface area contributed by atoms with E-state index < -0.39 is 17.2 Å². The van der Waals surface area contributed by atoms with Crippen LogP contribution in [0.1, 0.15) is 50.0 Å². The van der Waals surface area contributed by atoms with Gasteiger partial charge in [0, 0.05) is 11.4 Å². The molecule has 0 radical (unpaired) electrons. The Morgan fingerprint density at radius 1 is 1.37 bits per heavy atom. The first-order chi connectivity index (χ1) is 12.9. The molecule has 0 bridgehead atoms. The van der Waals surface area contributed by atoms with E-state index >= 15 is 0 Å². The van der Waals surface area contributed by atoms with Gasteiger partial charge in [0.05, 0.1) is 10.6 Å². The third kappa shape index (κ3) is 4.19. The quantitative estimate of drug-likeness (QED) is 0.416. The number of thiophene rings is 1. The summed E-state index contributed by atoms with van der Waals surface area (Å²) < 4.78 is 1.70. The number of hydrogen-bond acceptors (Lipinski definition) is 6. The number of imide groups is 1. The van der Waals surface area contributed by atoms with Gasteiger partial charge in [-0.2, -0.15) is 0 Å². The standard InChI is InChI=1S/C18H24N4O3S2/c1-3-4-5-9-22-16(24)13-11-7-6-8-12(11)27-15(13)21-18(22)26-10(2)14(23)20-17(19)25/h10H,3-9H2,1-2H3,(H3,19,20,23,25)/t10-/m1/s1. The molecule has 0 fully saturated rings. The maximum absolute atomic E-state index is 13.2. The fourth-order valence-electron chi connectivity index (χ4n) is 3.30. The van der Waals surface area contributed by atoms with Gasteiger partial charge in [-0.25, -0.2) is 9.78 Å². The lowest BCUT2D eigenvalue weighted by Gasteiger charge is -2.15. The Kier molecular flexibility index (Phi) is 6.21. The van der Waals surface area contributed by atoms with Gasteiger partial charge < -0.3 is 5.73 Å². The van der Waals surface area contributed by atoms with Crippen LogP contribution in [-0.4, -0.2) is 26.7 Å². The van der Waals surface area contributed by atoms with E-state index in [1.807, 2.05) is 0 Å². The molecule has 2 heterocycles. The summed E-state index contributed by atoms with van der Waals surface area (Å²) in [5, 5.41) is 2.77. The first-order valence-corrected chi connectivity index (χ1v) is 10.9. The largest absolute Gasteiger partial charge is 0.351 e. The van der Waals surface area contributed by atoms with Crippen molar-refractivity contribution in [2.45, 2.75) is 69.3 Å². The maximum atomic E-state index is 13.2. The van der Waals surface area contributed by atoms with Gasteiger partial charge in [0.1, 0.15) is 4.83 Å². The molecule has 1 aliphatic carbocycles.